The summed E-state index contributed by atoms with van der Waals surface area (Å²) in [6, 6.07) is 9.75. The first-order valence-electron chi connectivity index (χ1n) is 5.76. The van der Waals surface area contributed by atoms with E-state index in [9.17, 15) is 4.79 Å². The molecule has 2 nitrogen and oxygen atoms in total. The number of aryl methyl sites for hydroxylation is 2. The van der Waals surface area contributed by atoms with Crippen molar-refractivity contribution >= 4 is 38.9 Å². The molecule has 0 fully saturated rings. The summed E-state index contributed by atoms with van der Waals surface area (Å²) >= 11 is 5.00. The Morgan fingerprint density at radius 2 is 2.11 bits per heavy atom. The van der Waals surface area contributed by atoms with Gasteiger partial charge in [0.2, 0.25) is 0 Å². The normalized spacial score (nSPS) is 10.4. The predicted molar refractivity (Wildman–Crippen MR) is 80.5 cm³/mol. The van der Waals surface area contributed by atoms with Gasteiger partial charge in [-0.3, -0.25) is 4.79 Å². The molecule has 0 unspecified atom stereocenters. The molecule has 1 aromatic heterocycles. The average molecular weight is 324 g/mol. The van der Waals surface area contributed by atoms with Gasteiger partial charge in [0, 0.05) is 9.35 Å². The van der Waals surface area contributed by atoms with Crippen LogP contribution in [0.3, 0.4) is 0 Å². The van der Waals surface area contributed by atoms with Crippen LogP contribution in [-0.4, -0.2) is 5.91 Å². The number of thiophene rings is 1. The number of nitrogens with one attached hydrogen (secondary N) is 1. The molecule has 1 heterocycles. The molecule has 0 radical (unpaired) electrons. The zero-order valence-corrected chi connectivity index (χ0v) is 12.7. The molecule has 1 aromatic carbocycles. The number of carbonyl (C=O) groups is 1. The van der Waals surface area contributed by atoms with E-state index in [1.807, 2.05) is 37.3 Å². The summed E-state index contributed by atoms with van der Waals surface area (Å²) in [5, 5.41) is 2.92. The molecule has 0 aliphatic rings. The summed E-state index contributed by atoms with van der Waals surface area (Å²) in [6.45, 7) is 4.10. The van der Waals surface area contributed by atoms with E-state index < -0.39 is 0 Å². The molecule has 0 spiro atoms. The molecule has 0 saturated heterocycles. The van der Waals surface area contributed by atoms with Crippen LogP contribution in [0, 0.1) is 6.92 Å². The van der Waals surface area contributed by atoms with Crippen molar-refractivity contribution in [2.75, 3.05) is 5.32 Å². The van der Waals surface area contributed by atoms with Gasteiger partial charge in [0.1, 0.15) is 0 Å². The third-order valence-electron chi connectivity index (χ3n) is 2.61. The highest BCUT2D eigenvalue weighted by atomic mass is 79.9. The maximum atomic E-state index is 12.1. The number of carbonyl (C=O) groups excluding carboxylic acids is 1. The van der Waals surface area contributed by atoms with E-state index in [1.54, 1.807) is 11.3 Å². The summed E-state index contributed by atoms with van der Waals surface area (Å²) < 4.78 is 0.906. The van der Waals surface area contributed by atoms with Crippen LogP contribution in [0.15, 0.2) is 34.8 Å². The van der Waals surface area contributed by atoms with Crippen molar-refractivity contribution in [1.82, 2.24) is 0 Å². The van der Waals surface area contributed by atoms with Gasteiger partial charge in [0.15, 0.2) is 0 Å². The summed E-state index contributed by atoms with van der Waals surface area (Å²) in [5.41, 5.74) is 1.96. The van der Waals surface area contributed by atoms with Gasteiger partial charge >= 0.3 is 0 Å². The standard InChI is InChI=1S/C14H14BrNOS/c1-3-10-5-7-13(18-10)14(17)16-12-6-4-9(2)8-11(12)15/h4-8H,3H2,1-2H3,(H,16,17). The van der Waals surface area contributed by atoms with Gasteiger partial charge in [-0.25, -0.2) is 0 Å². The number of rotatable bonds is 3. The number of amides is 1. The Morgan fingerprint density at radius 3 is 2.72 bits per heavy atom. The molecule has 0 saturated carbocycles. The van der Waals surface area contributed by atoms with E-state index in [0.717, 1.165) is 27.0 Å². The lowest BCUT2D eigenvalue weighted by Crippen LogP contribution is -2.10. The average Bonchev–Trinajstić information content (AvgIpc) is 2.81. The van der Waals surface area contributed by atoms with Crippen molar-refractivity contribution < 1.29 is 4.79 Å². The Morgan fingerprint density at radius 1 is 1.33 bits per heavy atom. The zero-order valence-electron chi connectivity index (χ0n) is 10.3. The molecule has 18 heavy (non-hydrogen) atoms. The third-order valence-corrected chi connectivity index (χ3v) is 4.49. The zero-order chi connectivity index (χ0) is 13.1. The molecule has 0 aliphatic carbocycles. The Bertz CT molecular complexity index is 577. The van der Waals surface area contributed by atoms with Gasteiger partial charge in [-0.05, 0) is 59.1 Å². The molecular formula is C14H14BrNOS. The quantitative estimate of drug-likeness (QED) is 0.876. The third kappa shape index (κ3) is 3.00. The molecule has 2 rings (SSSR count). The van der Waals surface area contributed by atoms with Crippen LogP contribution in [0.25, 0.3) is 0 Å². The fourth-order valence-corrected chi connectivity index (χ4v) is 3.03. The number of anilines is 1. The van der Waals surface area contributed by atoms with Crippen LogP contribution >= 0.6 is 27.3 Å². The lowest BCUT2D eigenvalue weighted by atomic mass is 10.2. The molecule has 94 valence electrons. The van der Waals surface area contributed by atoms with Crippen LogP contribution < -0.4 is 5.32 Å². The highest BCUT2D eigenvalue weighted by molar-refractivity contribution is 9.10. The molecule has 0 atom stereocenters. The minimum atomic E-state index is -0.0516. The molecule has 2 aromatic rings. The highest BCUT2D eigenvalue weighted by Crippen LogP contribution is 2.25. The SMILES string of the molecule is CCc1ccc(C(=O)Nc2ccc(C)cc2Br)s1. The molecule has 1 N–H and O–H groups in total. The maximum Gasteiger partial charge on any atom is 0.265 e. The van der Waals surface area contributed by atoms with Crippen molar-refractivity contribution in [1.29, 1.82) is 0 Å². The first-order valence-corrected chi connectivity index (χ1v) is 7.37. The monoisotopic (exact) mass is 323 g/mol. The fourth-order valence-electron chi connectivity index (χ4n) is 1.60. The fraction of sp³-hybridized carbons (Fsp3) is 0.214. The van der Waals surface area contributed by atoms with Crippen molar-refractivity contribution in [3.63, 3.8) is 0 Å². The van der Waals surface area contributed by atoms with Gasteiger partial charge in [-0.1, -0.05) is 13.0 Å². The molecular weight excluding hydrogens is 310 g/mol. The van der Waals surface area contributed by atoms with E-state index in [-0.39, 0.29) is 5.91 Å². The summed E-state index contributed by atoms with van der Waals surface area (Å²) in [7, 11) is 0. The van der Waals surface area contributed by atoms with Gasteiger partial charge in [0.25, 0.3) is 5.91 Å². The molecule has 0 bridgehead atoms. The first kappa shape index (κ1) is 13.3. The number of benzene rings is 1. The van der Waals surface area contributed by atoms with E-state index in [0.29, 0.717) is 0 Å². The van der Waals surface area contributed by atoms with Crippen LogP contribution in [0.1, 0.15) is 27.0 Å². The Labute approximate surface area is 119 Å². The number of hydrogen-bond donors (Lipinski definition) is 1. The van der Waals surface area contributed by atoms with E-state index in [4.69, 9.17) is 0 Å². The summed E-state index contributed by atoms with van der Waals surface area (Å²) in [6.07, 6.45) is 0.964. The van der Waals surface area contributed by atoms with Crippen LogP contribution in [-0.2, 0) is 6.42 Å². The van der Waals surface area contributed by atoms with Crippen LogP contribution in [0.2, 0.25) is 0 Å². The molecule has 4 heteroatoms. The van der Waals surface area contributed by atoms with Crippen molar-refractivity contribution in [2.24, 2.45) is 0 Å². The van der Waals surface area contributed by atoms with Gasteiger partial charge in [-0.2, -0.15) is 0 Å². The van der Waals surface area contributed by atoms with Gasteiger partial charge < -0.3 is 5.32 Å². The Balaban J connectivity index is 2.16. The van der Waals surface area contributed by atoms with Crippen LogP contribution in [0.4, 0.5) is 5.69 Å². The second-order valence-electron chi connectivity index (χ2n) is 4.06. The second kappa shape index (κ2) is 5.67. The van der Waals surface area contributed by atoms with Gasteiger partial charge in [-0.15, -0.1) is 11.3 Å². The lowest BCUT2D eigenvalue weighted by molar-refractivity contribution is 0.103. The van der Waals surface area contributed by atoms with Gasteiger partial charge in [0.05, 0.1) is 10.6 Å². The second-order valence-corrected chi connectivity index (χ2v) is 6.08. The van der Waals surface area contributed by atoms with Crippen molar-refractivity contribution in [2.45, 2.75) is 20.3 Å². The van der Waals surface area contributed by atoms with Crippen LogP contribution in [0.5, 0.6) is 0 Å². The van der Waals surface area contributed by atoms with E-state index >= 15 is 0 Å². The largest absolute Gasteiger partial charge is 0.320 e. The molecule has 1 amide bonds. The van der Waals surface area contributed by atoms with Crippen molar-refractivity contribution in [3.05, 3.63) is 50.1 Å². The van der Waals surface area contributed by atoms with E-state index in [1.165, 1.54) is 4.88 Å². The summed E-state index contributed by atoms with van der Waals surface area (Å²) in [5.74, 6) is -0.0516. The van der Waals surface area contributed by atoms with Crippen molar-refractivity contribution in [3.8, 4) is 0 Å². The topological polar surface area (TPSA) is 29.1 Å². The maximum absolute atomic E-state index is 12.1. The number of halogens is 1. The lowest BCUT2D eigenvalue weighted by Gasteiger charge is -2.06. The summed E-state index contributed by atoms with van der Waals surface area (Å²) in [4.78, 5) is 14.0. The minimum absolute atomic E-state index is 0.0516. The highest BCUT2D eigenvalue weighted by Gasteiger charge is 2.10. The molecule has 0 aliphatic heterocycles. The Kier molecular flexibility index (Phi) is 4.19. The Hall–Kier alpha value is -1.13. The van der Waals surface area contributed by atoms with E-state index in [2.05, 4.69) is 28.2 Å². The predicted octanol–water partition coefficient (Wildman–Crippen LogP) is 4.63. The minimum Gasteiger partial charge on any atom is -0.320 e. The number of hydrogen-bond acceptors (Lipinski definition) is 2. The smallest absolute Gasteiger partial charge is 0.265 e. The first-order chi connectivity index (χ1) is 8.60.